The lowest BCUT2D eigenvalue weighted by molar-refractivity contribution is 0.101. The van der Waals surface area contributed by atoms with Gasteiger partial charge in [0.25, 0.3) is 0 Å². The molecule has 2 atom stereocenters. The second-order valence-electron chi connectivity index (χ2n) is 4.44. The van der Waals surface area contributed by atoms with Crippen molar-refractivity contribution in [2.75, 3.05) is 0 Å². The van der Waals surface area contributed by atoms with Crippen LogP contribution >= 0.6 is 0 Å². The number of aryl methyl sites for hydroxylation is 1. The summed E-state index contributed by atoms with van der Waals surface area (Å²) in [5.41, 5.74) is 0. The molecule has 1 saturated carbocycles. The first-order valence-electron chi connectivity index (χ1n) is 6.02. The van der Waals surface area contributed by atoms with Gasteiger partial charge >= 0.3 is 0 Å². The van der Waals surface area contributed by atoms with E-state index in [-0.39, 0.29) is 12.0 Å². The van der Waals surface area contributed by atoms with Crippen molar-refractivity contribution >= 4 is 0 Å². The molecule has 0 bridgehead atoms. The van der Waals surface area contributed by atoms with Crippen molar-refractivity contribution in [1.29, 1.82) is 0 Å². The third-order valence-electron chi connectivity index (χ3n) is 3.27. The van der Waals surface area contributed by atoms with Crippen LogP contribution in [0.15, 0.2) is 12.4 Å². The molecular weight excluding hydrogens is 188 g/mol. The first-order valence-corrected chi connectivity index (χ1v) is 6.02. The van der Waals surface area contributed by atoms with Gasteiger partial charge in [0.05, 0.1) is 6.10 Å². The maximum Gasteiger partial charge on any atom is 0.114 e. The lowest BCUT2D eigenvalue weighted by Crippen LogP contribution is -2.25. The zero-order valence-corrected chi connectivity index (χ0v) is 9.39. The predicted molar refractivity (Wildman–Crippen MR) is 59.7 cm³/mol. The lowest BCUT2D eigenvalue weighted by atomic mass is 9.86. The van der Waals surface area contributed by atoms with Crippen LogP contribution in [0.3, 0.4) is 0 Å². The maximum absolute atomic E-state index is 9.98. The summed E-state index contributed by atoms with van der Waals surface area (Å²) in [6, 6.07) is 0. The number of aliphatic hydroxyl groups excluding tert-OH is 1. The smallest absolute Gasteiger partial charge is 0.114 e. The summed E-state index contributed by atoms with van der Waals surface area (Å²) in [6.07, 6.45) is 9.22. The fraction of sp³-hybridized carbons (Fsp3) is 0.750. The van der Waals surface area contributed by atoms with Gasteiger partial charge in [-0.2, -0.15) is 0 Å². The van der Waals surface area contributed by atoms with Crippen LogP contribution in [0.5, 0.6) is 0 Å². The second kappa shape index (κ2) is 4.79. The molecule has 0 radical (unpaired) electrons. The predicted octanol–water partition coefficient (Wildman–Crippen LogP) is 2.31. The van der Waals surface area contributed by atoms with E-state index in [2.05, 4.69) is 16.5 Å². The summed E-state index contributed by atoms with van der Waals surface area (Å²) < 4.78 is 2.19. The molecule has 0 spiro atoms. The van der Waals surface area contributed by atoms with Crippen LogP contribution in [0.25, 0.3) is 0 Å². The molecule has 0 amide bonds. The van der Waals surface area contributed by atoms with Crippen LogP contribution in [0.1, 0.15) is 50.8 Å². The van der Waals surface area contributed by atoms with E-state index in [1.165, 1.54) is 6.42 Å². The summed E-state index contributed by atoms with van der Waals surface area (Å²) in [6.45, 7) is 3.18. The zero-order valence-electron chi connectivity index (χ0n) is 9.39. The fourth-order valence-electron chi connectivity index (χ4n) is 2.49. The number of aliphatic hydroxyl groups is 1. The summed E-state index contributed by atoms with van der Waals surface area (Å²) in [5, 5.41) is 9.98. The Balaban J connectivity index is 2.15. The van der Waals surface area contributed by atoms with Gasteiger partial charge in [-0.15, -0.1) is 0 Å². The molecule has 1 aliphatic rings. The molecule has 1 heterocycles. The van der Waals surface area contributed by atoms with Crippen molar-refractivity contribution in [2.24, 2.45) is 0 Å². The summed E-state index contributed by atoms with van der Waals surface area (Å²) in [5.74, 6) is 1.35. The van der Waals surface area contributed by atoms with Gasteiger partial charge in [0, 0.05) is 24.9 Å². The molecule has 15 heavy (non-hydrogen) atoms. The highest BCUT2D eigenvalue weighted by Gasteiger charge is 2.27. The Morgan fingerprint density at radius 2 is 2.27 bits per heavy atom. The number of imidazole rings is 1. The monoisotopic (exact) mass is 208 g/mol. The standard InChI is InChI=1S/C12H20N2O/c1-2-8-14-9-7-13-12(14)10-5-3-4-6-11(10)15/h7,9-11,15H,2-6,8H2,1H3. The molecule has 1 N–H and O–H groups in total. The van der Waals surface area contributed by atoms with E-state index in [0.717, 1.165) is 38.1 Å². The van der Waals surface area contributed by atoms with E-state index in [1.54, 1.807) is 0 Å². The van der Waals surface area contributed by atoms with E-state index in [4.69, 9.17) is 0 Å². The Bertz CT molecular complexity index is 308. The molecule has 1 aliphatic carbocycles. The minimum Gasteiger partial charge on any atom is -0.392 e. The van der Waals surface area contributed by atoms with Gasteiger partial charge in [-0.1, -0.05) is 19.8 Å². The quantitative estimate of drug-likeness (QED) is 0.827. The number of hydrogen-bond donors (Lipinski definition) is 1. The fourth-order valence-corrected chi connectivity index (χ4v) is 2.49. The van der Waals surface area contributed by atoms with Crippen molar-refractivity contribution in [3.05, 3.63) is 18.2 Å². The Labute approximate surface area is 91.1 Å². The molecule has 1 aromatic heterocycles. The largest absolute Gasteiger partial charge is 0.392 e. The van der Waals surface area contributed by atoms with Gasteiger partial charge in [0.1, 0.15) is 5.82 Å². The minimum atomic E-state index is -0.184. The molecule has 2 rings (SSSR count). The first-order chi connectivity index (χ1) is 7.33. The summed E-state index contributed by atoms with van der Waals surface area (Å²) in [4.78, 5) is 4.41. The molecular formula is C12H20N2O. The zero-order chi connectivity index (χ0) is 10.7. The van der Waals surface area contributed by atoms with Gasteiger partial charge in [-0.05, 0) is 19.3 Å². The Morgan fingerprint density at radius 3 is 3.00 bits per heavy atom. The molecule has 3 nitrogen and oxygen atoms in total. The van der Waals surface area contributed by atoms with Crippen LogP contribution in [0.4, 0.5) is 0 Å². The molecule has 84 valence electrons. The highest BCUT2D eigenvalue weighted by atomic mass is 16.3. The average molecular weight is 208 g/mol. The molecule has 0 saturated heterocycles. The molecule has 3 heteroatoms. The van der Waals surface area contributed by atoms with Gasteiger partial charge in [0.2, 0.25) is 0 Å². The van der Waals surface area contributed by atoms with Crippen LogP contribution < -0.4 is 0 Å². The molecule has 0 aromatic carbocycles. The summed E-state index contributed by atoms with van der Waals surface area (Å²) >= 11 is 0. The average Bonchev–Trinajstić information content (AvgIpc) is 2.67. The van der Waals surface area contributed by atoms with E-state index >= 15 is 0 Å². The Kier molecular flexibility index (Phi) is 3.41. The highest BCUT2D eigenvalue weighted by Crippen LogP contribution is 2.32. The minimum absolute atomic E-state index is 0.184. The van der Waals surface area contributed by atoms with E-state index in [9.17, 15) is 5.11 Å². The van der Waals surface area contributed by atoms with Crippen LogP contribution in [-0.2, 0) is 6.54 Å². The summed E-state index contributed by atoms with van der Waals surface area (Å²) in [7, 11) is 0. The van der Waals surface area contributed by atoms with Crippen molar-refractivity contribution < 1.29 is 5.11 Å². The normalized spacial score (nSPS) is 26.8. The van der Waals surface area contributed by atoms with Crippen LogP contribution in [-0.4, -0.2) is 20.8 Å². The topological polar surface area (TPSA) is 38.0 Å². The van der Waals surface area contributed by atoms with E-state index < -0.39 is 0 Å². The SMILES string of the molecule is CCCn1ccnc1C1CCCCC1O. The maximum atomic E-state index is 9.98. The van der Waals surface area contributed by atoms with Crippen molar-refractivity contribution in [3.63, 3.8) is 0 Å². The van der Waals surface area contributed by atoms with Gasteiger partial charge in [-0.3, -0.25) is 0 Å². The first kappa shape index (κ1) is 10.7. The van der Waals surface area contributed by atoms with Crippen LogP contribution in [0, 0.1) is 0 Å². The van der Waals surface area contributed by atoms with Crippen molar-refractivity contribution in [1.82, 2.24) is 9.55 Å². The highest BCUT2D eigenvalue weighted by molar-refractivity contribution is 5.04. The number of nitrogens with zero attached hydrogens (tertiary/aromatic N) is 2. The van der Waals surface area contributed by atoms with Gasteiger partial charge < -0.3 is 9.67 Å². The molecule has 1 aromatic rings. The van der Waals surface area contributed by atoms with Crippen molar-refractivity contribution in [3.8, 4) is 0 Å². The van der Waals surface area contributed by atoms with Gasteiger partial charge in [-0.25, -0.2) is 4.98 Å². The number of aromatic nitrogens is 2. The van der Waals surface area contributed by atoms with E-state index in [1.807, 2.05) is 12.4 Å². The second-order valence-corrected chi connectivity index (χ2v) is 4.44. The molecule has 2 unspecified atom stereocenters. The number of rotatable bonds is 3. The van der Waals surface area contributed by atoms with Gasteiger partial charge in [0.15, 0.2) is 0 Å². The Morgan fingerprint density at radius 1 is 1.47 bits per heavy atom. The molecule has 0 aliphatic heterocycles. The van der Waals surface area contributed by atoms with E-state index in [0.29, 0.717) is 0 Å². The van der Waals surface area contributed by atoms with Crippen molar-refractivity contribution in [2.45, 2.75) is 57.6 Å². The van der Waals surface area contributed by atoms with Crippen LogP contribution in [0.2, 0.25) is 0 Å². The Hall–Kier alpha value is -0.830. The number of hydrogen-bond acceptors (Lipinski definition) is 2. The third kappa shape index (κ3) is 2.23. The molecule has 1 fully saturated rings. The third-order valence-corrected chi connectivity index (χ3v) is 3.27. The lowest BCUT2D eigenvalue weighted by Gasteiger charge is -2.27.